The lowest BCUT2D eigenvalue weighted by Gasteiger charge is -2.17. The Morgan fingerprint density at radius 2 is 1.85 bits per heavy atom. The van der Waals surface area contributed by atoms with E-state index in [0.717, 1.165) is 48.2 Å². The van der Waals surface area contributed by atoms with Gasteiger partial charge in [-0.2, -0.15) is 0 Å². The van der Waals surface area contributed by atoms with Gasteiger partial charge in [-0.1, -0.05) is 80.7 Å². The van der Waals surface area contributed by atoms with Gasteiger partial charge in [-0.25, -0.2) is 0 Å². The molecule has 7 heteroatoms. The Labute approximate surface area is 205 Å². The van der Waals surface area contributed by atoms with E-state index in [0.29, 0.717) is 15.3 Å². The van der Waals surface area contributed by atoms with Crippen molar-refractivity contribution in [2.24, 2.45) is 5.92 Å². The zero-order valence-corrected chi connectivity index (χ0v) is 20.6. The largest absolute Gasteiger partial charge is 0.352 e. The first-order chi connectivity index (χ1) is 16.1. The summed E-state index contributed by atoms with van der Waals surface area (Å²) in [5.74, 6) is 0.790. The van der Waals surface area contributed by atoms with E-state index >= 15 is 0 Å². The minimum Gasteiger partial charge on any atom is -0.352 e. The molecule has 174 valence electrons. The Kier molecular flexibility index (Phi) is 6.88. The fourth-order valence-electron chi connectivity index (χ4n) is 5.46. The second-order valence-corrected chi connectivity index (χ2v) is 11.2. The predicted molar refractivity (Wildman–Crippen MR) is 139 cm³/mol. The van der Waals surface area contributed by atoms with Gasteiger partial charge in [0.1, 0.15) is 10.9 Å². The molecule has 5 nitrogen and oxygen atoms in total. The highest BCUT2D eigenvalue weighted by molar-refractivity contribution is 8.26. The molecule has 0 spiro atoms. The number of para-hydroxylation sites is 1. The molecule has 2 saturated carbocycles. The SMILES string of the molecule is O=C(Cn1cc(C=C2SC(=S)N(CCC3CCCC3)C2=O)c2ccccc21)NC1CCCC1. The molecule has 1 saturated heterocycles. The van der Waals surface area contributed by atoms with Crippen molar-refractivity contribution in [2.75, 3.05) is 6.54 Å². The molecule has 2 aliphatic carbocycles. The van der Waals surface area contributed by atoms with Crippen LogP contribution in [-0.2, 0) is 16.1 Å². The van der Waals surface area contributed by atoms with Crippen LogP contribution < -0.4 is 5.32 Å². The molecule has 2 heterocycles. The van der Waals surface area contributed by atoms with E-state index in [1.807, 2.05) is 41.1 Å². The Morgan fingerprint density at radius 3 is 2.64 bits per heavy atom. The van der Waals surface area contributed by atoms with Crippen molar-refractivity contribution in [3.63, 3.8) is 0 Å². The van der Waals surface area contributed by atoms with Gasteiger partial charge in [0.2, 0.25) is 5.91 Å². The van der Waals surface area contributed by atoms with Crippen LogP contribution in [0.4, 0.5) is 0 Å². The fraction of sp³-hybridized carbons (Fsp3) is 0.500. The normalized spacial score (nSPS) is 21.2. The van der Waals surface area contributed by atoms with Crippen molar-refractivity contribution in [3.8, 4) is 0 Å². The van der Waals surface area contributed by atoms with Crippen LogP contribution in [0.5, 0.6) is 0 Å². The van der Waals surface area contributed by atoms with Crippen LogP contribution in [-0.4, -0.2) is 38.2 Å². The summed E-state index contributed by atoms with van der Waals surface area (Å²) in [4.78, 5) is 28.2. The van der Waals surface area contributed by atoms with Gasteiger partial charge in [-0.05, 0) is 37.3 Å². The molecular weight excluding hydrogens is 450 g/mol. The second kappa shape index (κ2) is 10.0. The van der Waals surface area contributed by atoms with Crippen molar-refractivity contribution in [2.45, 2.75) is 70.4 Å². The van der Waals surface area contributed by atoms with Gasteiger partial charge < -0.3 is 9.88 Å². The molecule has 1 N–H and O–H groups in total. The Bertz CT molecular complexity index is 1090. The van der Waals surface area contributed by atoms with Crippen molar-refractivity contribution in [1.29, 1.82) is 0 Å². The number of rotatable bonds is 7. The van der Waals surface area contributed by atoms with Crippen LogP contribution in [0.3, 0.4) is 0 Å². The summed E-state index contributed by atoms with van der Waals surface area (Å²) in [6.45, 7) is 1.00. The molecule has 0 unspecified atom stereocenters. The lowest BCUT2D eigenvalue weighted by atomic mass is 10.0. The zero-order chi connectivity index (χ0) is 22.8. The topological polar surface area (TPSA) is 54.3 Å². The van der Waals surface area contributed by atoms with Crippen molar-refractivity contribution < 1.29 is 9.59 Å². The number of aromatic nitrogens is 1. The van der Waals surface area contributed by atoms with E-state index in [4.69, 9.17) is 12.2 Å². The average molecular weight is 482 g/mol. The molecule has 2 amide bonds. The summed E-state index contributed by atoms with van der Waals surface area (Å²) in [6, 6.07) is 8.37. The summed E-state index contributed by atoms with van der Waals surface area (Å²) in [6.07, 6.45) is 14.7. The third-order valence-electron chi connectivity index (χ3n) is 7.25. The first kappa shape index (κ1) is 22.7. The molecular formula is C26H31N3O2S2. The first-order valence-electron chi connectivity index (χ1n) is 12.2. The van der Waals surface area contributed by atoms with Crippen molar-refractivity contribution in [1.82, 2.24) is 14.8 Å². The van der Waals surface area contributed by atoms with Gasteiger partial charge in [-0.15, -0.1) is 0 Å². The van der Waals surface area contributed by atoms with E-state index in [1.165, 1.54) is 50.3 Å². The van der Waals surface area contributed by atoms with E-state index in [-0.39, 0.29) is 18.4 Å². The van der Waals surface area contributed by atoms with E-state index in [1.54, 1.807) is 4.90 Å². The van der Waals surface area contributed by atoms with Crippen LogP contribution >= 0.6 is 24.0 Å². The number of hydrogen-bond acceptors (Lipinski definition) is 4. The average Bonchev–Trinajstić information content (AvgIpc) is 3.59. The van der Waals surface area contributed by atoms with Crippen LogP contribution in [0.25, 0.3) is 17.0 Å². The number of hydrogen-bond donors (Lipinski definition) is 1. The molecule has 5 rings (SSSR count). The number of nitrogens with zero attached hydrogens (tertiary/aromatic N) is 2. The highest BCUT2D eigenvalue weighted by atomic mass is 32.2. The summed E-state index contributed by atoms with van der Waals surface area (Å²) < 4.78 is 2.65. The molecule has 1 aromatic heterocycles. The van der Waals surface area contributed by atoms with E-state index in [9.17, 15) is 9.59 Å². The molecule has 0 radical (unpaired) electrons. The number of amides is 2. The number of thioether (sulfide) groups is 1. The number of carbonyl (C=O) groups excluding carboxylic acids is 2. The monoisotopic (exact) mass is 481 g/mol. The molecule has 33 heavy (non-hydrogen) atoms. The van der Waals surface area contributed by atoms with Crippen LogP contribution in [0.15, 0.2) is 35.4 Å². The van der Waals surface area contributed by atoms with Crippen molar-refractivity contribution in [3.05, 3.63) is 40.9 Å². The van der Waals surface area contributed by atoms with Gasteiger partial charge in [0.15, 0.2) is 0 Å². The summed E-state index contributed by atoms with van der Waals surface area (Å²) in [5, 5.41) is 4.22. The zero-order valence-electron chi connectivity index (χ0n) is 18.9. The van der Waals surface area contributed by atoms with Gasteiger partial charge in [0.05, 0.1) is 4.91 Å². The van der Waals surface area contributed by atoms with Crippen LogP contribution in [0, 0.1) is 5.92 Å². The Hall–Kier alpha value is -2.12. The maximum absolute atomic E-state index is 13.1. The number of fused-ring (bicyclic) bond motifs is 1. The van der Waals surface area contributed by atoms with Gasteiger partial charge >= 0.3 is 0 Å². The lowest BCUT2D eigenvalue weighted by molar-refractivity contribution is -0.123. The standard InChI is InChI=1S/C26H31N3O2S2/c30-24(27-20-9-3-4-10-20)17-28-16-19(21-11-5-6-12-22(21)28)15-23-25(31)29(26(32)33-23)14-13-18-7-1-2-8-18/h5-6,11-12,15-16,18,20H,1-4,7-10,13-14,17H2,(H,27,30). The lowest BCUT2D eigenvalue weighted by Crippen LogP contribution is -2.35. The summed E-state index contributed by atoms with van der Waals surface area (Å²) in [5.41, 5.74) is 1.96. The third-order valence-corrected chi connectivity index (χ3v) is 8.63. The molecule has 3 aliphatic rings. The van der Waals surface area contributed by atoms with Gasteiger partial charge in [-0.3, -0.25) is 14.5 Å². The fourth-order valence-corrected chi connectivity index (χ4v) is 6.76. The minimum absolute atomic E-state index is 0.0128. The maximum atomic E-state index is 13.1. The molecule has 1 aromatic carbocycles. The number of nitrogens with one attached hydrogen (secondary N) is 1. The Balaban J connectivity index is 1.33. The third kappa shape index (κ3) is 5.04. The molecule has 3 fully saturated rings. The highest BCUT2D eigenvalue weighted by Crippen LogP contribution is 2.36. The number of thiocarbonyl (C=S) groups is 1. The van der Waals surface area contributed by atoms with E-state index in [2.05, 4.69) is 5.32 Å². The quantitative estimate of drug-likeness (QED) is 0.420. The van der Waals surface area contributed by atoms with Crippen molar-refractivity contribution >= 4 is 57.1 Å². The van der Waals surface area contributed by atoms with Gasteiger partial charge in [0, 0.05) is 35.2 Å². The molecule has 0 bridgehead atoms. The minimum atomic E-state index is 0.0128. The predicted octanol–water partition coefficient (Wildman–Crippen LogP) is 5.48. The van der Waals surface area contributed by atoms with E-state index < -0.39 is 0 Å². The number of benzene rings is 1. The first-order valence-corrected chi connectivity index (χ1v) is 13.4. The molecule has 0 atom stereocenters. The highest BCUT2D eigenvalue weighted by Gasteiger charge is 2.32. The van der Waals surface area contributed by atoms with Crippen LogP contribution in [0.1, 0.15) is 63.4 Å². The van der Waals surface area contributed by atoms with Gasteiger partial charge in [0.25, 0.3) is 5.91 Å². The smallest absolute Gasteiger partial charge is 0.266 e. The van der Waals surface area contributed by atoms with Crippen LogP contribution in [0.2, 0.25) is 0 Å². The number of carbonyl (C=O) groups is 2. The Morgan fingerprint density at radius 1 is 1.12 bits per heavy atom. The second-order valence-electron chi connectivity index (χ2n) is 9.55. The maximum Gasteiger partial charge on any atom is 0.266 e. The summed E-state index contributed by atoms with van der Waals surface area (Å²) >= 11 is 6.94. The molecule has 1 aliphatic heterocycles. The molecule has 2 aromatic rings. The summed E-state index contributed by atoms with van der Waals surface area (Å²) in [7, 11) is 0.